The number of hydrazone groups is 1. The molecule has 0 unspecified atom stereocenters. The van der Waals surface area contributed by atoms with Gasteiger partial charge in [0.2, 0.25) is 5.84 Å². The molecule has 3 rings (SSSR count). The van der Waals surface area contributed by atoms with E-state index in [9.17, 15) is 0 Å². The van der Waals surface area contributed by atoms with Crippen LogP contribution in [0.3, 0.4) is 0 Å². The summed E-state index contributed by atoms with van der Waals surface area (Å²) in [5.41, 5.74) is 5.35. The highest BCUT2D eigenvalue weighted by Crippen LogP contribution is 2.25. The smallest absolute Gasteiger partial charge is 0.247 e. The first-order valence-corrected chi connectivity index (χ1v) is 6.61. The second-order valence-corrected chi connectivity index (χ2v) is 4.59. The fraction of sp³-hybridized carbons (Fsp3) is 0. The molecule has 0 radical (unpaired) electrons. The molecule has 108 valence electrons. The number of hydrazine groups is 2. The van der Waals surface area contributed by atoms with E-state index in [0.717, 1.165) is 0 Å². The number of anilines is 2. The summed E-state index contributed by atoms with van der Waals surface area (Å²) in [4.78, 5) is 0. The molecule has 0 saturated carbocycles. The van der Waals surface area contributed by atoms with Crippen molar-refractivity contribution in [2.75, 3.05) is 10.2 Å². The maximum atomic E-state index is 9.08. The standard InChI is InChI=1S/C16H9N7/c17-9-12-1-5-14(6-2-12)22-20-16(11-19)21-23(22)15-7-3-13(10-18)4-8-15/h1-8H,(H,20,21). The van der Waals surface area contributed by atoms with Crippen LogP contribution in [-0.2, 0) is 0 Å². The van der Waals surface area contributed by atoms with E-state index in [0.29, 0.717) is 22.5 Å². The van der Waals surface area contributed by atoms with Gasteiger partial charge in [0, 0.05) is 0 Å². The predicted molar refractivity (Wildman–Crippen MR) is 83.5 cm³/mol. The lowest BCUT2D eigenvalue weighted by Crippen LogP contribution is -2.44. The van der Waals surface area contributed by atoms with Crippen molar-refractivity contribution in [1.82, 2.24) is 5.43 Å². The van der Waals surface area contributed by atoms with E-state index >= 15 is 0 Å². The maximum absolute atomic E-state index is 9.08. The van der Waals surface area contributed by atoms with Gasteiger partial charge in [-0.05, 0) is 48.5 Å². The summed E-state index contributed by atoms with van der Waals surface area (Å²) >= 11 is 0. The van der Waals surface area contributed by atoms with Crippen LogP contribution in [0.25, 0.3) is 0 Å². The van der Waals surface area contributed by atoms with Crippen LogP contribution in [0.4, 0.5) is 11.4 Å². The average molecular weight is 299 g/mol. The van der Waals surface area contributed by atoms with Gasteiger partial charge >= 0.3 is 0 Å². The van der Waals surface area contributed by atoms with E-state index in [1.807, 2.05) is 6.07 Å². The van der Waals surface area contributed by atoms with Crippen LogP contribution in [-0.4, -0.2) is 5.84 Å². The minimum Gasteiger partial charge on any atom is -0.250 e. The Morgan fingerprint density at radius 2 is 1.26 bits per heavy atom. The van der Waals surface area contributed by atoms with Gasteiger partial charge in [-0.25, -0.2) is 0 Å². The highest BCUT2D eigenvalue weighted by Gasteiger charge is 2.25. The Labute approximate surface area is 132 Å². The van der Waals surface area contributed by atoms with Crippen LogP contribution < -0.4 is 15.7 Å². The molecule has 1 heterocycles. The van der Waals surface area contributed by atoms with E-state index < -0.39 is 0 Å². The molecule has 1 aliphatic rings. The zero-order valence-corrected chi connectivity index (χ0v) is 11.8. The maximum Gasteiger partial charge on any atom is 0.247 e. The van der Waals surface area contributed by atoms with Crippen molar-refractivity contribution in [2.45, 2.75) is 0 Å². The molecule has 0 atom stereocenters. The molecule has 1 N–H and O–H groups in total. The summed E-state index contributed by atoms with van der Waals surface area (Å²) in [5.74, 6) is 0.138. The molecule has 0 aliphatic carbocycles. The van der Waals surface area contributed by atoms with E-state index in [1.54, 1.807) is 53.6 Å². The van der Waals surface area contributed by atoms with Crippen molar-refractivity contribution in [3.63, 3.8) is 0 Å². The van der Waals surface area contributed by atoms with Gasteiger partial charge in [-0.3, -0.25) is 5.43 Å². The molecule has 0 saturated heterocycles. The minimum atomic E-state index is 0.138. The summed E-state index contributed by atoms with van der Waals surface area (Å²) in [6, 6.07) is 19.7. The molecule has 0 amide bonds. The summed E-state index contributed by atoms with van der Waals surface area (Å²) in [7, 11) is 0. The second kappa shape index (κ2) is 5.77. The van der Waals surface area contributed by atoms with Crippen molar-refractivity contribution < 1.29 is 0 Å². The second-order valence-electron chi connectivity index (χ2n) is 4.59. The molecular formula is C16H9N7. The van der Waals surface area contributed by atoms with Crippen LogP contribution in [0.5, 0.6) is 0 Å². The third-order valence-electron chi connectivity index (χ3n) is 3.17. The molecule has 23 heavy (non-hydrogen) atoms. The first-order valence-electron chi connectivity index (χ1n) is 6.61. The summed E-state index contributed by atoms with van der Waals surface area (Å²) in [6.07, 6.45) is 0. The van der Waals surface area contributed by atoms with Crippen molar-refractivity contribution >= 4 is 17.2 Å². The number of amidine groups is 1. The fourth-order valence-electron chi connectivity index (χ4n) is 2.05. The van der Waals surface area contributed by atoms with Crippen LogP contribution in [0.15, 0.2) is 53.6 Å². The number of nitrogens with one attached hydrogen (secondary N) is 1. The van der Waals surface area contributed by atoms with Gasteiger partial charge in [-0.2, -0.15) is 26.0 Å². The lowest BCUT2D eigenvalue weighted by atomic mass is 10.2. The van der Waals surface area contributed by atoms with Crippen LogP contribution in [0.2, 0.25) is 0 Å². The molecular weight excluding hydrogens is 290 g/mol. The Balaban J connectivity index is 1.97. The Morgan fingerprint density at radius 1 is 0.739 bits per heavy atom. The summed E-state index contributed by atoms with van der Waals surface area (Å²) in [5, 5.41) is 34.1. The lowest BCUT2D eigenvalue weighted by Gasteiger charge is -2.27. The van der Waals surface area contributed by atoms with Crippen LogP contribution in [0.1, 0.15) is 11.1 Å². The van der Waals surface area contributed by atoms with Gasteiger partial charge in [0.05, 0.1) is 34.6 Å². The molecule has 0 bridgehead atoms. The molecule has 0 spiro atoms. The quantitative estimate of drug-likeness (QED) is 0.910. The number of hydrogen-bond acceptors (Lipinski definition) is 7. The van der Waals surface area contributed by atoms with Gasteiger partial charge in [0.15, 0.2) is 0 Å². The van der Waals surface area contributed by atoms with Crippen molar-refractivity contribution in [1.29, 1.82) is 15.8 Å². The lowest BCUT2D eigenvalue weighted by molar-refractivity contribution is 0.771. The van der Waals surface area contributed by atoms with E-state index in [-0.39, 0.29) is 5.84 Å². The van der Waals surface area contributed by atoms with Crippen molar-refractivity contribution in [2.24, 2.45) is 5.10 Å². The third-order valence-corrected chi connectivity index (χ3v) is 3.17. The summed E-state index contributed by atoms with van der Waals surface area (Å²) in [6.45, 7) is 0. The van der Waals surface area contributed by atoms with E-state index in [2.05, 4.69) is 22.7 Å². The van der Waals surface area contributed by atoms with Crippen molar-refractivity contribution in [3.05, 3.63) is 59.7 Å². The molecule has 7 nitrogen and oxygen atoms in total. The average Bonchev–Trinajstić information content (AvgIpc) is 3.06. The first-order chi connectivity index (χ1) is 11.2. The molecule has 2 aromatic rings. The van der Waals surface area contributed by atoms with Gasteiger partial charge in [-0.1, -0.05) is 0 Å². The van der Waals surface area contributed by atoms with Crippen molar-refractivity contribution in [3.8, 4) is 18.2 Å². The minimum absolute atomic E-state index is 0.138. The zero-order valence-electron chi connectivity index (χ0n) is 11.8. The van der Waals surface area contributed by atoms with Gasteiger partial charge in [0.25, 0.3) is 0 Å². The van der Waals surface area contributed by atoms with Gasteiger partial charge in [0.1, 0.15) is 6.07 Å². The number of nitrogens with zero attached hydrogens (tertiary/aromatic N) is 6. The molecule has 1 aliphatic heterocycles. The SMILES string of the molecule is N#CC1=NN(c2ccc(C#N)cc2)N(c2ccc(C#N)cc2)N1. The fourth-order valence-corrected chi connectivity index (χ4v) is 2.05. The van der Waals surface area contributed by atoms with E-state index in [4.69, 9.17) is 15.8 Å². The molecule has 2 aromatic carbocycles. The molecule has 7 heteroatoms. The third kappa shape index (κ3) is 2.61. The van der Waals surface area contributed by atoms with Gasteiger partial charge in [-0.15, -0.1) is 5.10 Å². The monoisotopic (exact) mass is 299 g/mol. The predicted octanol–water partition coefficient (Wildman–Crippen LogP) is 2.01. The molecule has 0 fully saturated rings. The number of benzene rings is 2. The highest BCUT2D eigenvalue weighted by atomic mass is 15.9. The van der Waals surface area contributed by atoms with E-state index in [1.165, 1.54) is 5.12 Å². The number of rotatable bonds is 2. The largest absolute Gasteiger partial charge is 0.250 e. The Morgan fingerprint density at radius 3 is 1.74 bits per heavy atom. The van der Waals surface area contributed by atoms with Gasteiger partial charge < -0.3 is 0 Å². The normalized spacial score (nSPS) is 12.7. The topological polar surface area (TPSA) is 102 Å². The Hall–Kier alpha value is -4.02. The summed E-state index contributed by atoms with van der Waals surface area (Å²) < 4.78 is 0. The first kappa shape index (κ1) is 13.9. The highest BCUT2D eigenvalue weighted by molar-refractivity contribution is 6.00. The zero-order chi connectivity index (χ0) is 16.2. The number of nitriles is 3. The number of hydrogen-bond donors (Lipinski definition) is 1. The van der Waals surface area contributed by atoms with Crippen LogP contribution in [0, 0.1) is 34.0 Å². The Bertz CT molecular complexity index is 877. The van der Waals surface area contributed by atoms with Crippen LogP contribution >= 0.6 is 0 Å². The molecule has 0 aromatic heterocycles. The Kier molecular flexibility index (Phi) is 3.50.